The molecule has 0 amide bonds. The maximum absolute atomic E-state index is 11.5. The third-order valence-corrected chi connectivity index (χ3v) is 4.20. The number of allylic oxidation sites excluding steroid dienone is 2. The average Bonchev–Trinajstić information content (AvgIpc) is 2.64. The molecule has 68 valence electrons. The highest BCUT2D eigenvalue weighted by molar-refractivity contribution is 7.80. The predicted molar refractivity (Wildman–Crippen MR) is 48.9 cm³/mol. The van der Waals surface area contributed by atoms with E-state index in [0.717, 1.165) is 6.42 Å². The van der Waals surface area contributed by atoms with Crippen molar-refractivity contribution in [3.05, 3.63) is 12.2 Å². The van der Waals surface area contributed by atoms with Crippen LogP contribution in [0.5, 0.6) is 0 Å². The van der Waals surface area contributed by atoms with Crippen molar-refractivity contribution in [3.8, 4) is 0 Å². The van der Waals surface area contributed by atoms with Crippen LogP contribution in [0.25, 0.3) is 0 Å². The molecule has 0 aliphatic heterocycles. The number of hydrogen-bond donors (Lipinski definition) is 0. The first-order valence-corrected chi connectivity index (χ1v) is 5.67. The fourth-order valence-electron chi connectivity index (χ4n) is 2.16. The quantitative estimate of drug-likeness (QED) is 0.626. The molecule has 0 heterocycles. The van der Waals surface area contributed by atoms with Crippen LogP contribution in [0.1, 0.15) is 19.8 Å². The Morgan fingerprint density at radius 3 is 2.83 bits per heavy atom. The first-order chi connectivity index (χ1) is 5.81. The lowest BCUT2D eigenvalue weighted by molar-refractivity contribution is 0.362. The highest BCUT2D eigenvalue weighted by atomic mass is 32.2. The van der Waals surface area contributed by atoms with Gasteiger partial charge in [0.25, 0.3) is 0 Å². The Balaban J connectivity index is 1.98. The number of rotatable bonds is 3. The monoisotopic (exact) mass is 186 g/mol. The second-order valence-corrected chi connectivity index (χ2v) is 4.85. The minimum atomic E-state index is -1.05. The minimum absolute atomic E-state index is 0.278. The predicted octanol–water partition coefficient (Wildman–Crippen LogP) is 1.65. The van der Waals surface area contributed by atoms with Crippen molar-refractivity contribution >= 4 is 11.1 Å². The number of fused-ring (bicyclic) bond motifs is 2. The molecule has 0 radical (unpaired) electrons. The van der Waals surface area contributed by atoms with Gasteiger partial charge in [-0.05, 0) is 31.6 Å². The Labute approximate surface area is 75.7 Å². The van der Waals surface area contributed by atoms with Gasteiger partial charge in [0.15, 0.2) is 11.1 Å². The highest BCUT2D eigenvalue weighted by Crippen LogP contribution is 2.41. The molecule has 12 heavy (non-hydrogen) atoms. The van der Waals surface area contributed by atoms with Crippen LogP contribution in [0.3, 0.4) is 0 Å². The van der Waals surface area contributed by atoms with Gasteiger partial charge < -0.3 is 0 Å². The third kappa shape index (κ3) is 1.36. The number of hydrogen-bond acceptors (Lipinski definition) is 2. The molecule has 0 aromatic heterocycles. The molecule has 0 spiro atoms. The van der Waals surface area contributed by atoms with E-state index in [1.807, 2.05) is 6.92 Å². The zero-order valence-electron chi connectivity index (χ0n) is 7.23. The van der Waals surface area contributed by atoms with Crippen LogP contribution in [-0.2, 0) is 15.3 Å². The zero-order valence-corrected chi connectivity index (χ0v) is 8.05. The first-order valence-electron chi connectivity index (χ1n) is 4.53. The fourth-order valence-corrected chi connectivity index (χ4v) is 3.45. The van der Waals surface area contributed by atoms with Gasteiger partial charge in [-0.2, -0.15) is 0 Å². The molecule has 4 unspecified atom stereocenters. The van der Waals surface area contributed by atoms with Gasteiger partial charge in [0.1, 0.15) is 0 Å². The van der Waals surface area contributed by atoms with Crippen LogP contribution in [0.4, 0.5) is 0 Å². The van der Waals surface area contributed by atoms with Crippen LogP contribution in [0, 0.1) is 11.8 Å². The largest absolute Gasteiger partial charge is 0.291 e. The summed E-state index contributed by atoms with van der Waals surface area (Å²) in [5, 5.41) is 0.278. The molecule has 0 N–H and O–H groups in total. The van der Waals surface area contributed by atoms with Crippen molar-refractivity contribution in [2.24, 2.45) is 11.8 Å². The lowest BCUT2D eigenvalue weighted by atomic mass is 10.1. The summed E-state index contributed by atoms with van der Waals surface area (Å²) in [7, 11) is 0. The Morgan fingerprint density at radius 2 is 2.33 bits per heavy atom. The van der Waals surface area contributed by atoms with Gasteiger partial charge in [-0.3, -0.25) is 4.18 Å². The molecule has 0 aromatic carbocycles. The van der Waals surface area contributed by atoms with Crippen molar-refractivity contribution < 1.29 is 8.39 Å². The lowest BCUT2D eigenvalue weighted by Crippen LogP contribution is -2.21. The molecular formula is C9H14O2S. The Bertz CT molecular complexity index is 225. The van der Waals surface area contributed by atoms with E-state index in [4.69, 9.17) is 4.18 Å². The van der Waals surface area contributed by atoms with E-state index >= 15 is 0 Å². The molecule has 0 saturated heterocycles. The molecule has 2 bridgehead atoms. The first kappa shape index (κ1) is 8.45. The Kier molecular flexibility index (Phi) is 2.33. The molecule has 2 nitrogen and oxygen atoms in total. The maximum Gasteiger partial charge on any atom is 0.159 e. The highest BCUT2D eigenvalue weighted by Gasteiger charge is 2.39. The second kappa shape index (κ2) is 3.30. The normalized spacial score (nSPS) is 40.6. The molecule has 4 atom stereocenters. The summed E-state index contributed by atoms with van der Waals surface area (Å²) < 4.78 is 16.6. The van der Waals surface area contributed by atoms with Gasteiger partial charge in [0, 0.05) is 0 Å². The van der Waals surface area contributed by atoms with Crippen molar-refractivity contribution in [3.63, 3.8) is 0 Å². The minimum Gasteiger partial charge on any atom is -0.291 e. The molecule has 2 aliphatic rings. The van der Waals surface area contributed by atoms with Gasteiger partial charge in [-0.25, -0.2) is 4.21 Å². The summed E-state index contributed by atoms with van der Waals surface area (Å²) in [6.45, 7) is 2.45. The second-order valence-electron chi connectivity index (χ2n) is 3.49. The molecule has 1 saturated carbocycles. The SMILES string of the molecule is CCOS(=O)C1CC2C=CC1C2. The van der Waals surface area contributed by atoms with E-state index in [0.29, 0.717) is 18.4 Å². The van der Waals surface area contributed by atoms with E-state index in [9.17, 15) is 4.21 Å². The van der Waals surface area contributed by atoms with Crippen molar-refractivity contribution in [2.45, 2.75) is 25.0 Å². The topological polar surface area (TPSA) is 26.3 Å². The van der Waals surface area contributed by atoms with E-state index < -0.39 is 11.1 Å². The van der Waals surface area contributed by atoms with Gasteiger partial charge >= 0.3 is 0 Å². The average molecular weight is 186 g/mol. The van der Waals surface area contributed by atoms with Crippen molar-refractivity contribution in [1.82, 2.24) is 0 Å². The third-order valence-electron chi connectivity index (χ3n) is 2.70. The Hall–Kier alpha value is -0.150. The summed E-state index contributed by atoms with van der Waals surface area (Å²) in [5.41, 5.74) is 0. The van der Waals surface area contributed by atoms with E-state index in [1.54, 1.807) is 0 Å². The maximum atomic E-state index is 11.5. The molecule has 1 fully saturated rings. The van der Waals surface area contributed by atoms with Gasteiger partial charge in [0.05, 0.1) is 11.9 Å². The standard InChI is InChI=1S/C9H14O2S/c1-2-11-12(10)9-6-7-3-4-8(9)5-7/h3-4,7-9H,2,5-6H2,1H3. The molecular weight excluding hydrogens is 172 g/mol. The van der Waals surface area contributed by atoms with Crippen LogP contribution in [0.15, 0.2) is 12.2 Å². The van der Waals surface area contributed by atoms with E-state index in [-0.39, 0.29) is 5.25 Å². The van der Waals surface area contributed by atoms with Crippen LogP contribution >= 0.6 is 0 Å². The van der Waals surface area contributed by atoms with Crippen molar-refractivity contribution in [1.29, 1.82) is 0 Å². The van der Waals surface area contributed by atoms with Gasteiger partial charge in [-0.1, -0.05) is 12.2 Å². The van der Waals surface area contributed by atoms with Crippen LogP contribution < -0.4 is 0 Å². The zero-order chi connectivity index (χ0) is 8.55. The smallest absolute Gasteiger partial charge is 0.159 e. The molecule has 2 rings (SSSR count). The van der Waals surface area contributed by atoms with Crippen LogP contribution in [0.2, 0.25) is 0 Å². The lowest BCUT2D eigenvalue weighted by Gasteiger charge is -2.15. The van der Waals surface area contributed by atoms with E-state index in [2.05, 4.69) is 12.2 Å². The summed E-state index contributed by atoms with van der Waals surface area (Å²) >= 11 is -1.05. The Morgan fingerprint density at radius 1 is 1.50 bits per heavy atom. The molecule has 2 aliphatic carbocycles. The molecule has 0 aromatic rings. The summed E-state index contributed by atoms with van der Waals surface area (Å²) in [4.78, 5) is 0. The van der Waals surface area contributed by atoms with Crippen molar-refractivity contribution in [2.75, 3.05) is 6.61 Å². The van der Waals surface area contributed by atoms with Gasteiger partial charge in [0.2, 0.25) is 0 Å². The fraction of sp³-hybridized carbons (Fsp3) is 0.778. The summed E-state index contributed by atoms with van der Waals surface area (Å²) in [6.07, 6.45) is 6.72. The molecule has 3 heteroatoms. The van der Waals surface area contributed by atoms with Crippen LogP contribution in [-0.4, -0.2) is 16.1 Å². The summed E-state index contributed by atoms with van der Waals surface area (Å²) in [6, 6.07) is 0. The summed E-state index contributed by atoms with van der Waals surface area (Å²) in [5.74, 6) is 1.21. The van der Waals surface area contributed by atoms with Gasteiger partial charge in [-0.15, -0.1) is 0 Å². The van der Waals surface area contributed by atoms with E-state index in [1.165, 1.54) is 6.42 Å².